The van der Waals surface area contributed by atoms with Gasteiger partial charge in [0.2, 0.25) is 10.0 Å². The largest absolute Gasteiger partial charge is 0.363 e. The summed E-state index contributed by atoms with van der Waals surface area (Å²) in [6.07, 6.45) is 3.58. The van der Waals surface area contributed by atoms with Crippen LogP contribution in [0.4, 0.5) is 0 Å². The molecular formula is C14H27N3O2S. The Bertz CT molecular complexity index is 492. The molecular weight excluding hydrogens is 274 g/mol. The molecule has 0 atom stereocenters. The van der Waals surface area contributed by atoms with Gasteiger partial charge in [0, 0.05) is 31.5 Å². The van der Waals surface area contributed by atoms with Crippen LogP contribution in [0.2, 0.25) is 0 Å². The average Bonchev–Trinajstić information content (AvgIpc) is 2.90. The lowest BCUT2D eigenvalue weighted by molar-refractivity contribution is 0.339. The molecule has 5 nitrogen and oxygen atoms in total. The van der Waals surface area contributed by atoms with Crippen molar-refractivity contribution in [3.05, 3.63) is 18.0 Å². The van der Waals surface area contributed by atoms with Gasteiger partial charge in [-0.3, -0.25) is 0 Å². The lowest BCUT2D eigenvalue weighted by atomic mass is 10.0. The molecule has 0 radical (unpaired) electrons. The number of sulfonamides is 1. The molecule has 1 aromatic rings. The van der Waals surface area contributed by atoms with Crippen LogP contribution in [0.1, 0.15) is 39.3 Å². The second-order valence-electron chi connectivity index (χ2n) is 5.03. The van der Waals surface area contributed by atoms with Crippen molar-refractivity contribution in [3.63, 3.8) is 0 Å². The molecule has 0 aliphatic rings. The summed E-state index contributed by atoms with van der Waals surface area (Å²) in [5.74, 6) is 0.417. The zero-order chi connectivity index (χ0) is 15.2. The molecule has 1 rings (SSSR count). The number of hydrogen-bond donors (Lipinski definition) is 2. The highest BCUT2D eigenvalue weighted by atomic mass is 32.2. The highest BCUT2D eigenvalue weighted by Gasteiger charge is 2.25. The number of nitrogens with zero attached hydrogens (tertiary/aromatic N) is 1. The van der Waals surface area contributed by atoms with Crippen LogP contribution in [-0.4, -0.2) is 37.8 Å². The molecule has 6 heteroatoms. The molecule has 1 heterocycles. The molecule has 0 saturated carbocycles. The maximum atomic E-state index is 12.6. The molecule has 0 saturated heterocycles. The monoisotopic (exact) mass is 301 g/mol. The van der Waals surface area contributed by atoms with Crippen LogP contribution in [0.3, 0.4) is 0 Å². The summed E-state index contributed by atoms with van der Waals surface area (Å²) in [5, 5.41) is 3.00. The fraction of sp³-hybridized carbons (Fsp3) is 0.714. The van der Waals surface area contributed by atoms with Gasteiger partial charge in [0.1, 0.15) is 0 Å². The molecule has 0 unspecified atom stereocenters. The SMILES string of the molecule is CCC(CC)CN(CC)S(=O)(=O)c1c[nH]c(CNC)c1. The van der Waals surface area contributed by atoms with E-state index in [1.54, 1.807) is 16.6 Å². The predicted molar refractivity (Wildman–Crippen MR) is 82.1 cm³/mol. The Morgan fingerprint density at radius 1 is 1.30 bits per heavy atom. The van der Waals surface area contributed by atoms with Crippen LogP contribution in [0.5, 0.6) is 0 Å². The highest BCUT2D eigenvalue weighted by molar-refractivity contribution is 7.89. The smallest absolute Gasteiger partial charge is 0.244 e. The maximum absolute atomic E-state index is 12.6. The summed E-state index contributed by atoms with van der Waals surface area (Å²) in [6, 6.07) is 1.71. The zero-order valence-electron chi connectivity index (χ0n) is 12.9. The minimum absolute atomic E-state index is 0.357. The summed E-state index contributed by atoms with van der Waals surface area (Å²) in [4.78, 5) is 3.36. The van der Waals surface area contributed by atoms with Crippen LogP contribution < -0.4 is 5.32 Å². The Kier molecular flexibility index (Phi) is 6.71. The van der Waals surface area contributed by atoms with E-state index < -0.39 is 10.0 Å². The van der Waals surface area contributed by atoms with E-state index in [1.807, 2.05) is 14.0 Å². The predicted octanol–water partition coefficient (Wildman–Crippen LogP) is 2.18. The van der Waals surface area contributed by atoms with E-state index in [4.69, 9.17) is 0 Å². The van der Waals surface area contributed by atoms with Crippen molar-refractivity contribution in [3.8, 4) is 0 Å². The number of rotatable bonds is 9. The molecule has 0 aliphatic carbocycles. The molecule has 0 spiro atoms. The van der Waals surface area contributed by atoms with Gasteiger partial charge in [0.05, 0.1) is 4.90 Å². The number of H-pyrrole nitrogens is 1. The third-order valence-electron chi connectivity index (χ3n) is 3.69. The standard InChI is InChI=1S/C14H27N3O2S/c1-5-12(6-2)11-17(7-3)20(18,19)14-8-13(9-15-4)16-10-14/h8,10,12,15-16H,5-7,9,11H2,1-4H3. The van der Waals surface area contributed by atoms with Crippen LogP contribution in [0.25, 0.3) is 0 Å². The Balaban J connectivity index is 2.92. The van der Waals surface area contributed by atoms with E-state index in [-0.39, 0.29) is 0 Å². The van der Waals surface area contributed by atoms with Crippen molar-refractivity contribution < 1.29 is 8.42 Å². The second-order valence-corrected chi connectivity index (χ2v) is 6.97. The Morgan fingerprint density at radius 3 is 2.45 bits per heavy atom. The normalized spacial score (nSPS) is 12.5. The second kappa shape index (κ2) is 7.81. The zero-order valence-corrected chi connectivity index (χ0v) is 13.8. The minimum atomic E-state index is -3.39. The maximum Gasteiger partial charge on any atom is 0.244 e. The van der Waals surface area contributed by atoms with Crippen molar-refractivity contribution in [2.45, 2.75) is 45.1 Å². The Hall–Kier alpha value is -0.850. The van der Waals surface area contributed by atoms with Gasteiger partial charge in [-0.2, -0.15) is 4.31 Å². The van der Waals surface area contributed by atoms with Crippen molar-refractivity contribution in [2.75, 3.05) is 20.1 Å². The lowest BCUT2D eigenvalue weighted by Gasteiger charge is -2.24. The molecule has 2 N–H and O–H groups in total. The number of aromatic nitrogens is 1. The first kappa shape index (κ1) is 17.2. The Morgan fingerprint density at radius 2 is 1.95 bits per heavy atom. The van der Waals surface area contributed by atoms with Crippen molar-refractivity contribution in [2.24, 2.45) is 5.92 Å². The molecule has 0 aliphatic heterocycles. The van der Waals surface area contributed by atoms with Gasteiger partial charge in [-0.15, -0.1) is 0 Å². The number of nitrogens with one attached hydrogen (secondary N) is 2. The number of aromatic amines is 1. The van der Waals surface area contributed by atoms with Gasteiger partial charge in [-0.1, -0.05) is 33.6 Å². The fourth-order valence-corrected chi connectivity index (χ4v) is 3.79. The van der Waals surface area contributed by atoms with Crippen LogP contribution in [0, 0.1) is 5.92 Å². The van der Waals surface area contributed by atoms with Gasteiger partial charge in [-0.25, -0.2) is 8.42 Å². The van der Waals surface area contributed by atoms with E-state index in [9.17, 15) is 8.42 Å². The highest BCUT2D eigenvalue weighted by Crippen LogP contribution is 2.20. The summed E-state index contributed by atoms with van der Waals surface area (Å²) < 4.78 is 26.8. The molecule has 20 heavy (non-hydrogen) atoms. The minimum Gasteiger partial charge on any atom is -0.363 e. The first-order valence-electron chi connectivity index (χ1n) is 7.31. The van der Waals surface area contributed by atoms with E-state index in [0.717, 1.165) is 18.5 Å². The lowest BCUT2D eigenvalue weighted by Crippen LogP contribution is -2.34. The quantitative estimate of drug-likeness (QED) is 0.735. The van der Waals surface area contributed by atoms with Gasteiger partial charge in [-0.05, 0) is 19.0 Å². The van der Waals surface area contributed by atoms with E-state index in [2.05, 4.69) is 24.1 Å². The van der Waals surface area contributed by atoms with Crippen LogP contribution in [0.15, 0.2) is 17.2 Å². The molecule has 0 aromatic carbocycles. The molecule has 0 amide bonds. The molecule has 0 bridgehead atoms. The van der Waals surface area contributed by atoms with E-state index >= 15 is 0 Å². The topological polar surface area (TPSA) is 65.2 Å². The first-order chi connectivity index (χ1) is 9.49. The van der Waals surface area contributed by atoms with Gasteiger partial charge < -0.3 is 10.3 Å². The fourth-order valence-electron chi connectivity index (χ4n) is 2.24. The molecule has 116 valence electrons. The van der Waals surface area contributed by atoms with Crippen molar-refractivity contribution in [1.82, 2.24) is 14.6 Å². The van der Waals surface area contributed by atoms with E-state index in [0.29, 0.717) is 30.4 Å². The van der Waals surface area contributed by atoms with Gasteiger partial charge in [0.25, 0.3) is 0 Å². The summed E-state index contributed by atoms with van der Waals surface area (Å²) >= 11 is 0. The van der Waals surface area contributed by atoms with Gasteiger partial charge >= 0.3 is 0 Å². The first-order valence-corrected chi connectivity index (χ1v) is 8.75. The molecule has 0 fully saturated rings. The summed E-state index contributed by atoms with van der Waals surface area (Å²) in [6.45, 7) is 7.84. The van der Waals surface area contributed by atoms with Crippen LogP contribution in [-0.2, 0) is 16.6 Å². The van der Waals surface area contributed by atoms with Gasteiger partial charge in [0.15, 0.2) is 0 Å². The van der Waals surface area contributed by atoms with E-state index in [1.165, 1.54) is 0 Å². The third-order valence-corrected chi connectivity index (χ3v) is 5.61. The third kappa shape index (κ3) is 4.07. The van der Waals surface area contributed by atoms with Crippen molar-refractivity contribution in [1.29, 1.82) is 0 Å². The average molecular weight is 301 g/mol. The summed E-state index contributed by atoms with van der Waals surface area (Å²) in [5.41, 5.74) is 0.879. The van der Waals surface area contributed by atoms with Crippen molar-refractivity contribution >= 4 is 10.0 Å². The summed E-state index contributed by atoms with van der Waals surface area (Å²) in [7, 11) is -1.56. The molecule has 1 aromatic heterocycles. The Labute approximate surface area is 122 Å². The van der Waals surface area contributed by atoms with Crippen LogP contribution >= 0.6 is 0 Å². The number of hydrogen-bond acceptors (Lipinski definition) is 3.